The number of halogens is 3. The Balaban J connectivity index is 2.06. The van der Waals surface area contributed by atoms with Gasteiger partial charge in [-0.15, -0.1) is 0 Å². The molecule has 0 spiro atoms. The van der Waals surface area contributed by atoms with Gasteiger partial charge in [0.05, 0.1) is 5.56 Å². The van der Waals surface area contributed by atoms with E-state index in [4.69, 9.17) is 23.8 Å². The fraction of sp³-hybridized carbons (Fsp3) is 0. The fourth-order valence-corrected chi connectivity index (χ4v) is 1.99. The Bertz CT molecular complexity index is 672. The predicted octanol–water partition coefficient (Wildman–Crippen LogP) is 4.12. The molecule has 108 valence electrons. The molecule has 0 fully saturated rings. The lowest BCUT2D eigenvalue weighted by atomic mass is 10.2. The molecule has 0 unspecified atom stereocenters. The molecule has 0 atom stereocenters. The van der Waals surface area contributed by atoms with E-state index in [9.17, 15) is 13.6 Å². The summed E-state index contributed by atoms with van der Waals surface area (Å²) in [5.41, 5.74) is 0.0208. The van der Waals surface area contributed by atoms with Crippen LogP contribution in [0.25, 0.3) is 0 Å². The molecule has 2 aromatic rings. The molecule has 7 heteroatoms. The van der Waals surface area contributed by atoms with Crippen LogP contribution in [-0.4, -0.2) is 11.0 Å². The topological polar surface area (TPSA) is 41.1 Å². The number of carbonyl (C=O) groups excluding carboxylic acids is 1. The normalized spacial score (nSPS) is 10.0. The summed E-state index contributed by atoms with van der Waals surface area (Å²) in [4.78, 5) is 11.4. The number of benzene rings is 2. The summed E-state index contributed by atoms with van der Waals surface area (Å²) < 4.78 is 27.0. The van der Waals surface area contributed by atoms with Gasteiger partial charge in [0.2, 0.25) is 0 Å². The summed E-state index contributed by atoms with van der Waals surface area (Å²) in [5.74, 6) is -1.68. The zero-order valence-electron chi connectivity index (χ0n) is 10.5. The van der Waals surface area contributed by atoms with E-state index in [-0.39, 0.29) is 4.99 Å². The van der Waals surface area contributed by atoms with Crippen LogP contribution in [0.1, 0.15) is 5.56 Å². The van der Waals surface area contributed by atoms with Gasteiger partial charge in [0, 0.05) is 10.7 Å². The Morgan fingerprint density at radius 3 is 2.19 bits per heavy atom. The largest absolute Gasteiger partial charge is 0.324 e. The lowest BCUT2D eigenvalue weighted by Crippen LogP contribution is -2.34. The molecule has 2 amide bonds. The first-order chi connectivity index (χ1) is 9.97. The SMILES string of the molecule is O=C(NC(=S)c1c(F)cccc1F)Nc1ccc(Cl)cc1. The molecule has 0 saturated carbocycles. The maximum absolute atomic E-state index is 13.5. The van der Waals surface area contributed by atoms with Gasteiger partial charge in [0.1, 0.15) is 16.6 Å². The number of carbonyl (C=O) groups is 1. The van der Waals surface area contributed by atoms with Gasteiger partial charge >= 0.3 is 6.03 Å². The molecule has 3 nitrogen and oxygen atoms in total. The lowest BCUT2D eigenvalue weighted by Gasteiger charge is -2.10. The van der Waals surface area contributed by atoms with Crippen LogP contribution in [0.15, 0.2) is 42.5 Å². The summed E-state index contributed by atoms with van der Waals surface area (Å²) in [7, 11) is 0. The molecule has 0 aliphatic rings. The third-order valence-corrected chi connectivity index (χ3v) is 3.08. The second-order valence-corrected chi connectivity index (χ2v) is 4.86. The smallest absolute Gasteiger partial charge is 0.308 e. The highest BCUT2D eigenvalue weighted by molar-refractivity contribution is 7.80. The third kappa shape index (κ3) is 3.96. The molecule has 2 rings (SSSR count). The second-order valence-electron chi connectivity index (χ2n) is 4.01. The monoisotopic (exact) mass is 326 g/mol. The van der Waals surface area contributed by atoms with Gasteiger partial charge in [-0.05, 0) is 36.4 Å². The highest BCUT2D eigenvalue weighted by atomic mass is 35.5. The predicted molar refractivity (Wildman–Crippen MR) is 81.7 cm³/mol. The van der Waals surface area contributed by atoms with Crippen molar-refractivity contribution >= 4 is 40.5 Å². The lowest BCUT2D eigenvalue weighted by molar-refractivity contribution is 0.256. The first kappa shape index (κ1) is 15.3. The molecule has 0 heterocycles. The summed E-state index contributed by atoms with van der Waals surface area (Å²) in [6, 6.07) is 8.96. The van der Waals surface area contributed by atoms with E-state index in [1.54, 1.807) is 24.3 Å². The van der Waals surface area contributed by atoms with Crippen LogP contribution in [-0.2, 0) is 0 Å². The number of hydrogen-bond acceptors (Lipinski definition) is 2. The summed E-state index contributed by atoms with van der Waals surface area (Å²) in [6.45, 7) is 0. The van der Waals surface area contributed by atoms with Crippen molar-refractivity contribution in [3.8, 4) is 0 Å². The van der Waals surface area contributed by atoms with E-state index in [0.717, 1.165) is 12.1 Å². The van der Waals surface area contributed by atoms with E-state index in [2.05, 4.69) is 10.6 Å². The highest BCUT2D eigenvalue weighted by Gasteiger charge is 2.15. The second kappa shape index (κ2) is 6.60. The van der Waals surface area contributed by atoms with Crippen molar-refractivity contribution in [2.24, 2.45) is 0 Å². The van der Waals surface area contributed by atoms with Crippen LogP contribution in [0.3, 0.4) is 0 Å². The van der Waals surface area contributed by atoms with Gasteiger partial charge in [0.15, 0.2) is 0 Å². The maximum Gasteiger partial charge on any atom is 0.324 e. The Kier molecular flexibility index (Phi) is 4.82. The van der Waals surface area contributed by atoms with Gasteiger partial charge in [-0.25, -0.2) is 13.6 Å². The molecular formula is C14H9ClF2N2OS. The standard InChI is InChI=1S/C14H9ClF2N2OS/c15-8-4-6-9(7-5-8)18-14(20)19-13(21)12-10(16)2-1-3-11(12)17/h1-7H,(H2,18,19,20,21). The first-order valence-corrected chi connectivity index (χ1v) is 6.58. The number of hydrogen-bond donors (Lipinski definition) is 2. The molecule has 2 N–H and O–H groups in total. The van der Waals surface area contributed by atoms with Gasteiger partial charge in [0.25, 0.3) is 0 Å². The number of rotatable bonds is 2. The van der Waals surface area contributed by atoms with Crippen LogP contribution in [0, 0.1) is 11.6 Å². The van der Waals surface area contributed by atoms with Gasteiger partial charge in [-0.3, -0.25) is 5.32 Å². The maximum atomic E-state index is 13.5. The van der Waals surface area contributed by atoms with Crippen LogP contribution >= 0.6 is 23.8 Å². The minimum absolute atomic E-state index is 0.336. The zero-order chi connectivity index (χ0) is 15.4. The third-order valence-electron chi connectivity index (χ3n) is 2.52. The van der Waals surface area contributed by atoms with Gasteiger partial charge in [-0.1, -0.05) is 29.9 Å². The molecule has 21 heavy (non-hydrogen) atoms. The minimum Gasteiger partial charge on any atom is -0.308 e. The first-order valence-electron chi connectivity index (χ1n) is 5.79. The van der Waals surface area contributed by atoms with Crippen LogP contribution in [0.5, 0.6) is 0 Å². The summed E-state index contributed by atoms with van der Waals surface area (Å²) >= 11 is 10.6. The molecule has 0 saturated heterocycles. The van der Waals surface area contributed by atoms with E-state index in [0.29, 0.717) is 10.7 Å². The fourth-order valence-electron chi connectivity index (χ4n) is 1.58. The van der Waals surface area contributed by atoms with Crippen molar-refractivity contribution in [2.75, 3.05) is 5.32 Å². The summed E-state index contributed by atoms with van der Waals surface area (Å²) in [5, 5.41) is 5.20. The van der Waals surface area contributed by atoms with Crippen LogP contribution in [0.2, 0.25) is 5.02 Å². The van der Waals surface area contributed by atoms with E-state index >= 15 is 0 Å². The molecule has 2 aromatic carbocycles. The van der Waals surface area contributed by atoms with Crippen molar-refractivity contribution in [2.45, 2.75) is 0 Å². The molecule has 0 aliphatic heterocycles. The highest BCUT2D eigenvalue weighted by Crippen LogP contribution is 2.14. The zero-order valence-corrected chi connectivity index (χ0v) is 12.1. The van der Waals surface area contributed by atoms with Crippen molar-refractivity contribution < 1.29 is 13.6 Å². The molecule has 0 bridgehead atoms. The molecular weight excluding hydrogens is 318 g/mol. The van der Waals surface area contributed by atoms with E-state index in [1.165, 1.54) is 6.07 Å². The minimum atomic E-state index is -0.841. The van der Waals surface area contributed by atoms with Crippen molar-refractivity contribution in [3.63, 3.8) is 0 Å². The number of nitrogens with one attached hydrogen (secondary N) is 2. The Labute approximate surface area is 129 Å². The molecule has 0 aromatic heterocycles. The molecule has 0 aliphatic carbocycles. The Morgan fingerprint density at radius 1 is 1.05 bits per heavy atom. The summed E-state index contributed by atoms with van der Waals surface area (Å²) in [6.07, 6.45) is 0. The number of thiocarbonyl (C=S) groups is 1. The average Bonchev–Trinajstić information content (AvgIpc) is 2.41. The molecule has 0 radical (unpaired) electrons. The van der Waals surface area contributed by atoms with Crippen molar-refractivity contribution in [3.05, 3.63) is 64.7 Å². The number of amides is 2. The number of urea groups is 1. The van der Waals surface area contributed by atoms with Crippen molar-refractivity contribution in [1.82, 2.24) is 5.32 Å². The van der Waals surface area contributed by atoms with E-state index in [1.807, 2.05) is 0 Å². The van der Waals surface area contributed by atoms with Gasteiger partial charge in [-0.2, -0.15) is 0 Å². The van der Waals surface area contributed by atoms with Crippen LogP contribution < -0.4 is 10.6 Å². The quantitative estimate of drug-likeness (QED) is 0.815. The van der Waals surface area contributed by atoms with Crippen molar-refractivity contribution in [1.29, 1.82) is 0 Å². The Hall–Kier alpha value is -2.05. The van der Waals surface area contributed by atoms with Crippen LogP contribution in [0.4, 0.5) is 19.3 Å². The average molecular weight is 327 g/mol. The van der Waals surface area contributed by atoms with E-state index < -0.39 is 23.2 Å². The van der Waals surface area contributed by atoms with Gasteiger partial charge < -0.3 is 5.32 Å². The Morgan fingerprint density at radius 2 is 1.62 bits per heavy atom. The number of anilines is 1.